The summed E-state index contributed by atoms with van der Waals surface area (Å²) < 4.78 is 2.70. The van der Waals surface area contributed by atoms with E-state index in [0.29, 0.717) is 6.54 Å². The van der Waals surface area contributed by atoms with Gasteiger partial charge in [0.1, 0.15) is 11.4 Å². The molecule has 0 spiro atoms. The molecule has 0 unspecified atom stereocenters. The van der Waals surface area contributed by atoms with Gasteiger partial charge in [0, 0.05) is 27.7 Å². The molecule has 0 saturated heterocycles. The molecule has 2 aromatic heterocycles. The number of nitrogens with one attached hydrogen (secondary N) is 1. The van der Waals surface area contributed by atoms with Crippen LogP contribution < -0.4 is 5.32 Å². The Labute approximate surface area is 143 Å². The lowest BCUT2D eigenvalue weighted by Gasteiger charge is -2.13. The van der Waals surface area contributed by atoms with Crippen LogP contribution in [-0.2, 0) is 13.6 Å². The normalized spacial score (nSPS) is 10.6. The smallest absolute Gasteiger partial charge is 0.322 e. The van der Waals surface area contributed by atoms with Gasteiger partial charge in [-0.15, -0.1) is 0 Å². The van der Waals surface area contributed by atoms with Gasteiger partial charge in [-0.3, -0.25) is 29.1 Å². The molecule has 2 heterocycles. The van der Waals surface area contributed by atoms with Crippen LogP contribution in [0.2, 0.25) is 0 Å². The lowest BCUT2D eigenvalue weighted by atomic mass is 10.2. The maximum atomic E-state index is 12.5. The predicted octanol–water partition coefficient (Wildman–Crippen LogP) is 0.807. The van der Waals surface area contributed by atoms with Crippen molar-refractivity contribution in [1.82, 2.24) is 24.5 Å². The molecular formula is C14H19N7O4. The van der Waals surface area contributed by atoms with Crippen LogP contribution in [0.3, 0.4) is 0 Å². The predicted molar refractivity (Wildman–Crippen MR) is 88.5 cm³/mol. The molecule has 11 nitrogen and oxygen atoms in total. The second kappa shape index (κ2) is 6.71. The number of aryl methyl sites for hydroxylation is 2. The van der Waals surface area contributed by atoms with Gasteiger partial charge >= 0.3 is 5.69 Å². The maximum Gasteiger partial charge on any atom is 0.322 e. The van der Waals surface area contributed by atoms with Crippen LogP contribution in [0, 0.1) is 17.0 Å². The second-order valence-corrected chi connectivity index (χ2v) is 5.54. The first-order chi connectivity index (χ1) is 11.7. The van der Waals surface area contributed by atoms with Gasteiger partial charge in [-0.05, 0) is 13.8 Å². The lowest BCUT2D eigenvalue weighted by molar-refractivity contribution is -0.385. The fourth-order valence-electron chi connectivity index (χ4n) is 2.30. The first-order valence-corrected chi connectivity index (χ1v) is 7.45. The Bertz CT molecular complexity index is 850. The van der Waals surface area contributed by atoms with E-state index in [0.717, 1.165) is 0 Å². The molecular weight excluding hydrogens is 330 g/mol. The Morgan fingerprint density at radius 2 is 2.04 bits per heavy atom. The SMILES string of the molecule is CCn1ncc(NC(=O)c2nn(C)c(C)c2[N+](=O)[O-])c1C(=O)N(C)C. The summed E-state index contributed by atoms with van der Waals surface area (Å²) in [5.41, 5.74) is -0.0795. The van der Waals surface area contributed by atoms with Crippen LogP contribution in [0.1, 0.15) is 33.6 Å². The molecule has 2 amide bonds. The highest BCUT2D eigenvalue weighted by atomic mass is 16.6. The maximum absolute atomic E-state index is 12.5. The van der Waals surface area contributed by atoms with Crippen molar-refractivity contribution in [3.05, 3.63) is 33.4 Å². The number of carbonyl (C=O) groups is 2. The summed E-state index contributed by atoms with van der Waals surface area (Å²) in [5, 5.41) is 21.7. The molecule has 134 valence electrons. The van der Waals surface area contributed by atoms with E-state index >= 15 is 0 Å². The van der Waals surface area contributed by atoms with Crippen LogP contribution in [-0.4, -0.2) is 55.3 Å². The van der Waals surface area contributed by atoms with Crippen LogP contribution >= 0.6 is 0 Å². The third-order valence-corrected chi connectivity index (χ3v) is 3.70. The number of amides is 2. The Kier molecular flexibility index (Phi) is 4.86. The number of aromatic nitrogens is 4. The summed E-state index contributed by atoms with van der Waals surface area (Å²) in [7, 11) is 4.66. The zero-order chi connectivity index (χ0) is 18.9. The number of nitro groups is 1. The van der Waals surface area contributed by atoms with Crippen molar-refractivity contribution in [3.8, 4) is 0 Å². The minimum absolute atomic E-state index is 0.170. The Hall–Kier alpha value is -3.24. The fraction of sp³-hybridized carbons (Fsp3) is 0.429. The molecule has 0 aliphatic heterocycles. The van der Waals surface area contributed by atoms with E-state index in [1.165, 1.54) is 34.4 Å². The highest BCUT2D eigenvalue weighted by Gasteiger charge is 2.30. The van der Waals surface area contributed by atoms with E-state index < -0.39 is 10.8 Å². The van der Waals surface area contributed by atoms with Crippen molar-refractivity contribution in [2.75, 3.05) is 19.4 Å². The van der Waals surface area contributed by atoms with E-state index in [1.54, 1.807) is 21.0 Å². The van der Waals surface area contributed by atoms with Crippen LogP contribution in [0.25, 0.3) is 0 Å². The molecule has 2 rings (SSSR count). The zero-order valence-corrected chi connectivity index (χ0v) is 14.6. The van der Waals surface area contributed by atoms with E-state index in [2.05, 4.69) is 15.5 Å². The van der Waals surface area contributed by atoms with Crippen molar-refractivity contribution in [3.63, 3.8) is 0 Å². The molecule has 11 heteroatoms. The minimum atomic E-state index is -0.779. The van der Waals surface area contributed by atoms with Crippen molar-refractivity contribution in [2.45, 2.75) is 20.4 Å². The first-order valence-electron chi connectivity index (χ1n) is 7.45. The summed E-state index contributed by atoms with van der Waals surface area (Å²) in [6.45, 7) is 3.73. The summed E-state index contributed by atoms with van der Waals surface area (Å²) in [4.78, 5) is 36.8. The molecule has 0 aliphatic rings. The monoisotopic (exact) mass is 349 g/mol. The van der Waals surface area contributed by atoms with E-state index in [9.17, 15) is 19.7 Å². The van der Waals surface area contributed by atoms with Gasteiger partial charge in [-0.1, -0.05) is 0 Å². The van der Waals surface area contributed by atoms with Crippen LogP contribution in [0.5, 0.6) is 0 Å². The molecule has 0 saturated carbocycles. The molecule has 0 bridgehead atoms. The number of anilines is 1. The number of hydrogen-bond acceptors (Lipinski definition) is 6. The van der Waals surface area contributed by atoms with Crippen LogP contribution in [0.15, 0.2) is 6.20 Å². The quantitative estimate of drug-likeness (QED) is 0.628. The number of hydrogen-bond donors (Lipinski definition) is 1. The van der Waals surface area contributed by atoms with E-state index in [-0.39, 0.29) is 34.4 Å². The lowest BCUT2D eigenvalue weighted by Crippen LogP contribution is -2.26. The van der Waals surface area contributed by atoms with E-state index in [4.69, 9.17) is 0 Å². The second-order valence-electron chi connectivity index (χ2n) is 5.54. The van der Waals surface area contributed by atoms with Gasteiger partial charge in [-0.25, -0.2) is 0 Å². The average Bonchev–Trinajstić information content (AvgIpc) is 3.07. The molecule has 0 atom stereocenters. The van der Waals surface area contributed by atoms with Gasteiger partial charge in [-0.2, -0.15) is 10.2 Å². The third kappa shape index (κ3) is 3.20. The highest BCUT2D eigenvalue weighted by Crippen LogP contribution is 2.24. The standard InChI is InChI=1S/C14H19N7O4/c1-6-20-12(14(23)18(3)4)9(7-15-20)16-13(22)10-11(21(24)25)8(2)19(5)17-10/h7H,6H2,1-5H3,(H,16,22). The average molecular weight is 349 g/mol. The topological polar surface area (TPSA) is 128 Å². The number of rotatable bonds is 5. The van der Waals surface area contributed by atoms with E-state index in [1.807, 2.05) is 0 Å². The fourth-order valence-corrected chi connectivity index (χ4v) is 2.30. The number of nitrogens with zero attached hydrogens (tertiary/aromatic N) is 6. The molecule has 0 fully saturated rings. The van der Waals surface area contributed by atoms with Crippen molar-refractivity contribution >= 4 is 23.2 Å². The van der Waals surface area contributed by atoms with Gasteiger partial charge in [0.2, 0.25) is 5.69 Å². The molecule has 25 heavy (non-hydrogen) atoms. The van der Waals surface area contributed by atoms with Gasteiger partial charge in [0.25, 0.3) is 11.8 Å². The van der Waals surface area contributed by atoms with Gasteiger partial charge < -0.3 is 10.2 Å². The Morgan fingerprint density at radius 3 is 2.56 bits per heavy atom. The summed E-state index contributed by atoms with van der Waals surface area (Å²) in [6, 6.07) is 0. The molecule has 0 radical (unpaired) electrons. The Morgan fingerprint density at radius 1 is 1.40 bits per heavy atom. The summed E-state index contributed by atoms with van der Waals surface area (Å²) >= 11 is 0. The van der Waals surface area contributed by atoms with Crippen molar-refractivity contribution < 1.29 is 14.5 Å². The zero-order valence-electron chi connectivity index (χ0n) is 14.6. The highest BCUT2D eigenvalue weighted by molar-refractivity contribution is 6.09. The van der Waals surface area contributed by atoms with Crippen molar-refractivity contribution in [2.24, 2.45) is 7.05 Å². The number of carbonyl (C=O) groups excluding carboxylic acids is 2. The molecule has 2 aromatic rings. The van der Waals surface area contributed by atoms with Crippen molar-refractivity contribution in [1.29, 1.82) is 0 Å². The summed E-state index contributed by atoms with van der Waals surface area (Å²) in [6.07, 6.45) is 1.33. The Balaban J connectivity index is 2.43. The third-order valence-electron chi connectivity index (χ3n) is 3.70. The largest absolute Gasteiger partial charge is 0.343 e. The van der Waals surface area contributed by atoms with Gasteiger partial charge in [0.05, 0.1) is 16.8 Å². The molecule has 0 aromatic carbocycles. The molecule has 0 aliphatic carbocycles. The summed E-state index contributed by atoms with van der Waals surface area (Å²) in [5.74, 6) is -1.12. The first kappa shape index (κ1) is 18.1. The molecule has 1 N–H and O–H groups in total. The van der Waals surface area contributed by atoms with Gasteiger partial charge in [0.15, 0.2) is 0 Å². The minimum Gasteiger partial charge on any atom is -0.343 e. The van der Waals surface area contributed by atoms with Crippen LogP contribution in [0.4, 0.5) is 11.4 Å².